The molecule has 1 N–H and O–H groups in total. The van der Waals surface area contributed by atoms with Crippen molar-refractivity contribution >= 4 is 28.6 Å². The van der Waals surface area contributed by atoms with E-state index >= 15 is 0 Å². The van der Waals surface area contributed by atoms with Gasteiger partial charge in [-0.15, -0.1) is 0 Å². The number of rotatable bonds is 6. The molecule has 1 aliphatic rings. The largest absolute Gasteiger partial charge is 0.481 e. The molecule has 3 heterocycles. The van der Waals surface area contributed by atoms with Gasteiger partial charge in [-0.3, -0.25) is 4.79 Å². The summed E-state index contributed by atoms with van der Waals surface area (Å²) in [5.74, 6) is 0.559. The lowest BCUT2D eigenvalue weighted by atomic mass is 10.00. The summed E-state index contributed by atoms with van der Waals surface area (Å²) in [6, 6.07) is 9.62. The third kappa shape index (κ3) is 3.72. The number of halogens is 1. The Morgan fingerprint density at radius 2 is 2.03 bits per heavy atom. The summed E-state index contributed by atoms with van der Waals surface area (Å²) in [6.07, 6.45) is 4.72. The van der Waals surface area contributed by atoms with Crippen LogP contribution in [0.25, 0.3) is 16.7 Å². The third-order valence-electron chi connectivity index (χ3n) is 5.85. The smallest absolute Gasteiger partial charge is 0.307 e. The summed E-state index contributed by atoms with van der Waals surface area (Å²) in [5.41, 5.74) is 6.28. The van der Waals surface area contributed by atoms with Gasteiger partial charge in [0.25, 0.3) is 0 Å². The number of carboxylic acid groups (broad SMARTS) is 1. The predicted molar refractivity (Wildman–Crippen MR) is 118 cm³/mol. The molecule has 0 amide bonds. The van der Waals surface area contributed by atoms with Crippen molar-refractivity contribution in [2.24, 2.45) is 0 Å². The van der Waals surface area contributed by atoms with E-state index in [-0.39, 0.29) is 6.42 Å². The molecule has 4 aromatic rings. The van der Waals surface area contributed by atoms with E-state index in [0.29, 0.717) is 17.4 Å². The summed E-state index contributed by atoms with van der Waals surface area (Å²) in [4.78, 5) is 16.1. The zero-order chi connectivity index (χ0) is 21.7. The lowest BCUT2D eigenvalue weighted by Crippen LogP contribution is -2.03. The number of hydrogen-bond donors (Lipinski definition) is 1. The number of fused-ring (bicyclic) bond motifs is 1. The predicted octanol–water partition coefficient (Wildman–Crippen LogP) is 5.38. The van der Waals surface area contributed by atoms with Crippen LogP contribution in [-0.4, -0.2) is 25.8 Å². The first-order valence-electron chi connectivity index (χ1n) is 10.3. The summed E-state index contributed by atoms with van der Waals surface area (Å²) < 4.78 is 7.61. The van der Waals surface area contributed by atoms with Crippen LogP contribution in [0, 0.1) is 13.8 Å². The maximum atomic E-state index is 11.4. The van der Waals surface area contributed by atoms with Gasteiger partial charge in [0.1, 0.15) is 11.4 Å². The quantitative estimate of drug-likeness (QED) is 0.439. The van der Waals surface area contributed by atoms with Crippen molar-refractivity contribution in [3.05, 3.63) is 75.4 Å². The van der Waals surface area contributed by atoms with Crippen molar-refractivity contribution in [2.45, 2.75) is 45.4 Å². The van der Waals surface area contributed by atoms with E-state index in [9.17, 15) is 9.90 Å². The highest BCUT2D eigenvalue weighted by molar-refractivity contribution is 6.30. The third-order valence-corrected chi connectivity index (χ3v) is 6.08. The summed E-state index contributed by atoms with van der Waals surface area (Å²) in [5, 5.41) is 15.1. The van der Waals surface area contributed by atoms with Gasteiger partial charge in [0.2, 0.25) is 0 Å². The van der Waals surface area contributed by atoms with Crippen LogP contribution >= 0.6 is 11.6 Å². The second-order valence-electron chi connectivity index (χ2n) is 8.25. The molecule has 5 rings (SSSR count). The van der Waals surface area contributed by atoms with Crippen LogP contribution in [0.2, 0.25) is 5.02 Å². The summed E-state index contributed by atoms with van der Waals surface area (Å²) >= 11 is 6.37. The Bertz CT molecular complexity index is 1320. The van der Waals surface area contributed by atoms with Gasteiger partial charge in [-0.1, -0.05) is 16.8 Å². The molecule has 1 saturated carbocycles. The Hall–Kier alpha value is -3.12. The first-order valence-corrected chi connectivity index (χ1v) is 10.7. The molecule has 0 unspecified atom stereocenters. The number of benzene rings is 1. The molecule has 7 heteroatoms. The molecule has 3 aromatic heterocycles. The van der Waals surface area contributed by atoms with Gasteiger partial charge in [-0.05, 0) is 68.1 Å². The molecule has 1 aromatic carbocycles. The highest BCUT2D eigenvalue weighted by Gasteiger charge is 2.31. The van der Waals surface area contributed by atoms with Gasteiger partial charge in [-0.2, -0.15) is 0 Å². The summed E-state index contributed by atoms with van der Waals surface area (Å²) in [7, 11) is 0. The SMILES string of the molecule is Cc1ccc2c(CC(=O)O)cn(-c3ccc(Cl)cc3Cc3c(C)noc3C3CC3)c2n1. The van der Waals surface area contributed by atoms with Crippen molar-refractivity contribution in [2.75, 3.05) is 0 Å². The molecule has 0 atom stereocenters. The molecular weight excluding hydrogens is 414 g/mol. The lowest BCUT2D eigenvalue weighted by Gasteiger charge is -2.13. The minimum Gasteiger partial charge on any atom is -0.481 e. The molecular formula is C24H22ClN3O3. The highest BCUT2D eigenvalue weighted by atomic mass is 35.5. The standard InChI is InChI=1S/C24H22ClN3O3/c1-13-3-7-19-17(11-22(29)30)12-28(24(19)26-13)21-8-6-18(25)9-16(21)10-20-14(2)27-31-23(20)15-4-5-15/h3,6-9,12,15H,4-5,10-11H2,1-2H3,(H,29,30). The van der Waals surface area contributed by atoms with Crippen LogP contribution < -0.4 is 0 Å². The van der Waals surface area contributed by atoms with Crippen LogP contribution in [0.3, 0.4) is 0 Å². The van der Waals surface area contributed by atoms with Gasteiger partial charge in [0.05, 0.1) is 17.8 Å². The van der Waals surface area contributed by atoms with Gasteiger partial charge in [0.15, 0.2) is 0 Å². The van der Waals surface area contributed by atoms with E-state index in [0.717, 1.165) is 63.4 Å². The maximum absolute atomic E-state index is 11.4. The number of carbonyl (C=O) groups is 1. The highest BCUT2D eigenvalue weighted by Crippen LogP contribution is 2.43. The number of carboxylic acids is 1. The normalized spacial score (nSPS) is 13.8. The lowest BCUT2D eigenvalue weighted by molar-refractivity contribution is -0.136. The maximum Gasteiger partial charge on any atom is 0.307 e. The molecule has 31 heavy (non-hydrogen) atoms. The number of aryl methyl sites for hydroxylation is 2. The molecule has 6 nitrogen and oxygen atoms in total. The van der Waals surface area contributed by atoms with E-state index in [1.165, 1.54) is 0 Å². The fraction of sp³-hybridized carbons (Fsp3) is 0.292. The molecule has 1 fully saturated rings. The Morgan fingerprint density at radius 1 is 1.23 bits per heavy atom. The molecule has 0 saturated heterocycles. The zero-order valence-corrected chi connectivity index (χ0v) is 18.1. The van der Waals surface area contributed by atoms with E-state index < -0.39 is 5.97 Å². The van der Waals surface area contributed by atoms with Gasteiger partial charge >= 0.3 is 5.97 Å². The van der Waals surface area contributed by atoms with E-state index in [2.05, 4.69) is 5.16 Å². The number of aliphatic carboxylic acids is 1. The van der Waals surface area contributed by atoms with Crippen molar-refractivity contribution in [3.8, 4) is 5.69 Å². The Morgan fingerprint density at radius 3 is 2.77 bits per heavy atom. The van der Waals surface area contributed by atoms with Crippen molar-refractivity contribution < 1.29 is 14.4 Å². The number of pyridine rings is 1. The van der Waals surface area contributed by atoms with Crippen LogP contribution in [0.15, 0.2) is 41.1 Å². The number of aromatic nitrogens is 3. The Balaban J connectivity index is 1.67. The fourth-order valence-electron chi connectivity index (χ4n) is 4.16. The van der Waals surface area contributed by atoms with Gasteiger partial charge in [-0.25, -0.2) is 4.98 Å². The zero-order valence-electron chi connectivity index (χ0n) is 17.4. The van der Waals surface area contributed by atoms with Gasteiger partial charge < -0.3 is 14.2 Å². The van der Waals surface area contributed by atoms with Crippen LogP contribution in [0.1, 0.15) is 52.6 Å². The van der Waals surface area contributed by atoms with Crippen LogP contribution in [0.5, 0.6) is 0 Å². The van der Waals surface area contributed by atoms with Crippen LogP contribution in [-0.2, 0) is 17.6 Å². The molecule has 0 radical (unpaired) electrons. The molecule has 158 valence electrons. The van der Waals surface area contributed by atoms with E-state index in [1.807, 2.05) is 54.9 Å². The minimum atomic E-state index is -0.870. The second-order valence-corrected chi connectivity index (χ2v) is 8.69. The van der Waals surface area contributed by atoms with Crippen molar-refractivity contribution in [1.82, 2.24) is 14.7 Å². The average Bonchev–Trinajstić information content (AvgIpc) is 3.42. The van der Waals surface area contributed by atoms with E-state index in [4.69, 9.17) is 21.1 Å². The average molecular weight is 436 g/mol. The number of nitrogens with zero attached hydrogens (tertiary/aromatic N) is 3. The molecule has 0 bridgehead atoms. The topological polar surface area (TPSA) is 81.1 Å². The molecule has 0 aliphatic heterocycles. The first kappa shape index (κ1) is 19.8. The second kappa shape index (κ2) is 7.54. The molecule has 1 aliphatic carbocycles. The van der Waals surface area contributed by atoms with Crippen LogP contribution in [0.4, 0.5) is 0 Å². The van der Waals surface area contributed by atoms with E-state index in [1.54, 1.807) is 0 Å². The Labute approximate surface area is 184 Å². The first-order chi connectivity index (χ1) is 14.9. The van der Waals surface area contributed by atoms with Crippen molar-refractivity contribution in [1.29, 1.82) is 0 Å². The molecule has 0 spiro atoms. The Kier molecular flexibility index (Phi) is 4.82. The fourth-order valence-corrected chi connectivity index (χ4v) is 4.35. The summed E-state index contributed by atoms with van der Waals surface area (Å²) in [6.45, 7) is 3.90. The van der Waals surface area contributed by atoms with Gasteiger partial charge in [0, 0.05) is 40.2 Å². The monoisotopic (exact) mass is 435 g/mol. The van der Waals surface area contributed by atoms with Crippen molar-refractivity contribution in [3.63, 3.8) is 0 Å². The number of hydrogen-bond acceptors (Lipinski definition) is 4. The minimum absolute atomic E-state index is 0.0618.